The quantitative estimate of drug-likeness (QED) is 0.134. The van der Waals surface area contributed by atoms with Crippen molar-refractivity contribution < 1.29 is 28.7 Å². The number of nitrogens with one attached hydrogen (secondary N) is 6. The highest BCUT2D eigenvalue weighted by molar-refractivity contribution is 6.40. The summed E-state index contributed by atoms with van der Waals surface area (Å²) in [6.45, 7) is -0.808. The monoisotopic (exact) mass is 668 g/mol. The van der Waals surface area contributed by atoms with Gasteiger partial charge in [-0.2, -0.15) is 5.10 Å². The highest BCUT2D eigenvalue weighted by Crippen LogP contribution is 2.33. The Balaban J connectivity index is 1.14. The van der Waals surface area contributed by atoms with E-state index in [1.807, 2.05) is 18.2 Å². The smallest absolute Gasteiger partial charge is 0.328 e. The van der Waals surface area contributed by atoms with Gasteiger partial charge in [0.25, 0.3) is 11.8 Å². The average Bonchev–Trinajstić information content (AvgIpc) is 3.51. The standard InChI is InChI=1S/C30H27Cl2FN8O5/c31-21-7-18(15-4-5-17-10-38-41-23(17)9-15)8-22(32)26(21)28(44)40-24(29(45)46)13-34-25(42)14-35-27(43)16-2-1-3-20(6-16)39-30-36-11-19(33)12-37-30/h1-10,19,24H,11-14H2,(H,34,42)(H,35,43)(H,38,41)(H,40,44)(H,45,46)(H2,36,37,39)/t24-/m1/s1. The summed E-state index contributed by atoms with van der Waals surface area (Å²) >= 11 is 12.8. The Hall–Kier alpha value is -5.21. The average molecular weight is 670 g/mol. The fourth-order valence-electron chi connectivity index (χ4n) is 4.52. The molecule has 1 aromatic heterocycles. The number of alkyl halides is 1. The van der Waals surface area contributed by atoms with E-state index in [0.29, 0.717) is 17.2 Å². The number of nitrogens with zero attached hydrogens (tertiary/aromatic N) is 2. The fraction of sp³-hybridized carbons (Fsp3) is 0.200. The molecular formula is C30H27Cl2FN8O5. The number of carbonyl (C=O) groups is 4. The largest absolute Gasteiger partial charge is 0.480 e. The van der Waals surface area contributed by atoms with Crippen LogP contribution in [-0.4, -0.2) is 83.3 Å². The Morgan fingerprint density at radius 2 is 1.78 bits per heavy atom. The van der Waals surface area contributed by atoms with Crippen LogP contribution in [0, 0.1) is 0 Å². The predicted octanol–water partition coefficient (Wildman–Crippen LogP) is 2.98. The number of hydrogen-bond acceptors (Lipinski definition) is 8. The molecule has 1 aliphatic rings. The van der Waals surface area contributed by atoms with Gasteiger partial charge in [0.2, 0.25) is 5.91 Å². The zero-order chi connectivity index (χ0) is 32.8. The number of rotatable bonds is 10. The Labute approximate surface area is 270 Å². The Morgan fingerprint density at radius 3 is 2.50 bits per heavy atom. The van der Waals surface area contributed by atoms with Crippen molar-refractivity contribution in [1.82, 2.24) is 31.5 Å². The predicted molar refractivity (Wildman–Crippen MR) is 171 cm³/mol. The van der Waals surface area contributed by atoms with Gasteiger partial charge in [-0.15, -0.1) is 0 Å². The maximum atomic E-state index is 13.3. The summed E-state index contributed by atoms with van der Waals surface area (Å²) in [4.78, 5) is 53.9. The number of aliphatic imine (C=N–C) groups is 1. The second-order valence-corrected chi connectivity index (χ2v) is 11.0. The van der Waals surface area contributed by atoms with Crippen LogP contribution in [0.3, 0.4) is 0 Å². The van der Waals surface area contributed by atoms with Gasteiger partial charge in [-0.25, -0.2) is 14.2 Å². The number of aliphatic carboxylic acids is 1. The lowest BCUT2D eigenvalue weighted by Crippen LogP contribution is -2.50. The Bertz CT molecular complexity index is 1830. The van der Waals surface area contributed by atoms with Gasteiger partial charge in [-0.3, -0.25) is 19.5 Å². The molecule has 0 saturated carbocycles. The van der Waals surface area contributed by atoms with Gasteiger partial charge in [-0.05, 0) is 47.5 Å². The molecule has 4 aromatic rings. The van der Waals surface area contributed by atoms with Crippen LogP contribution in [0.5, 0.6) is 0 Å². The molecule has 0 saturated heterocycles. The van der Waals surface area contributed by atoms with Crippen molar-refractivity contribution in [1.29, 1.82) is 0 Å². The number of aromatic amines is 1. The van der Waals surface area contributed by atoms with Gasteiger partial charge in [0.15, 0.2) is 5.96 Å². The lowest BCUT2D eigenvalue weighted by atomic mass is 10.0. The molecule has 3 aromatic carbocycles. The molecule has 0 fully saturated rings. The summed E-state index contributed by atoms with van der Waals surface area (Å²) in [5.74, 6) is -3.16. The number of carboxylic acid groups (broad SMARTS) is 1. The second kappa shape index (κ2) is 14.3. The first kappa shape index (κ1) is 32.2. The Morgan fingerprint density at radius 1 is 1.00 bits per heavy atom. The summed E-state index contributed by atoms with van der Waals surface area (Å²) in [6.07, 6.45) is 0.613. The van der Waals surface area contributed by atoms with E-state index in [-0.39, 0.29) is 34.3 Å². The summed E-state index contributed by atoms with van der Waals surface area (Å²) in [5, 5.41) is 30.3. The van der Waals surface area contributed by atoms with Gasteiger partial charge in [-0.1, -0.05) is 41.4 Å². The molecule has 2 atom stereocenters. The number of fused-ring (bicyclic) bond motifs is 1. The number of guanidine groups is 1. The number of anilines is 1. The fourth-order valence-corrected chi connectivity index (χ4v) is 5.18. The maximum absolute atomic E-state index is 13.3. The molecule has 5 rings (SSSR count). The normalized spacial score (nSPS) is 14.8. The minimum absolute atomic E-state index is 0.00347. The number of carbonyl (C=O) groups excluding carboxylic acids is 3. The summed E-state index contributed by atoms with van der Waals surface area (Å²) in [6, 6.07) is 13.4. The zero-order valence-electron chi connectivity index (χ0n) is 23.9. The van der Waals surface area contributed by atoms with Crippen molar-refractivity contribution in [3.63, 3.8) is 0 Å². The zero-order valence-corrected chi connectivity index (χ0v) is 25.4. The van der Waals surface area contributed by atoms with Crippen LogP contribution in [0.2, 0.25) is 10.0 Å². The second-order valence-electron chi connectivity index (χ2n) is 10.2. The third kappa shape index (κ3) is 7.89. The molecule has 16 heteroatoms. The van der Waals surface area contributed by atoms with E-state index >= 15 is 0 Å². The summed E-state index contributed by atoms with van der Waals surface area (Å²) in [7, 11) is 0. The molecule has 46 heavy (non-hydrogen) atoms. The number of H-pyrrole nitrogens is 1. The molecule has 3 amide bonds. The first-order valence-electron chi connectivity index (χ1n) is 13.9. The van der Waals surface area contributed by atoms with Crippen LogP contribution in [-0.2, 0) is 9.59 Å². The number of aromatic nitrogens is 2. The van der Waals surface area contributed by atoms with E-state index in [1.165, 1.54) is 24.3 Å². The Kier molecular flexibility index (Phi) is 9.98. The number of hydrogen-bond donors (Lipinski definition) is 7. The van der Waals surface area contributed by atoms with Crippen molar-refractivity contribution in [3.05, 3.63) is 82.0 Å². The first-order chi connectivity index (χ1) is 22.1. The lowest BCUT2D eigenvalue weighted by Gasteiger charge is -2.19. The molecule has 7 N–H and O–H groups in total. The van der Waals surface area contributed by atoms with E-state index in [1.54, 1.807) is 18.3 Å². The van der Waals surface area contributed by atoms with E-state index in [4.69, 9.17) is 23.2 Å². The van der Waals surface area contributed by atoms with Gasteiger partial charge >= 0.3 is 5.97 Å². The third-order valence-corrected chi connectivity index (χ3v) is 7.48. The molecule has 1 unspecified atom stereocenters. The van der Waals surface area contributed by atoms with Crippen LogP contribution < -0.4 is 26.6 Å². The lowest BCUT2D eigenvalue weighted by molar-refractivity contribution is -0.139. The van der Waals surface area contributed by atoms with Gasteiger partial charge in [0, 0.05) is 23.2 Å². The van der Waals surface area contributed by atoms with E-state index in [2.05, 4.69) is 41.8 Å². The van der Waals surface area contributed by atoms with Crippen LogP contribution in [0.15, 0.2) is 65.8 Å². The highest BCUT2D eigenvalue weighted by atomic mass is 35.5. The molecule has 1 aliphatic heterocycles. The van der Waals surface area contributed by atoms with Crippen molar-refractivity contribution in [2.24, 2.45) is 4.99 Å². The molecular weight excluding hydrogens is 642 g/mol. The number of carboxylic acids is 1. The minimum atomic E-state index is -1.53. The minimum Gasteiger partial charge on any atom is -0.480 e. The van der Waals surface area contributed by atoms with E-state index < -0.39 is 49.0 Å². The van der Waals surface area contributed by atoms with Crippen LogP contribution >= 0.6 is 23.2 Å². The number of halogens is 3. The molecule has 238 valence electrons. The van der Waals surface area contributed by atoms with E-state index in [9.17, 15) is 28.7 Å². The van der Waals surface area contributed by atoms with Crippen LogP contribution in [0.4, 0.5) is 10.1 Å². The molecule has 0 radical (unpaired) electrons. The van der Waals surface area contributed by atoms with Gasteiger partial charge in [0.05, 0.1) is 47.0 Å². The van der Waals surface area contributed by atoms with Gasteiger partial charge < -0.3 is 31.7 Å². The highest BCUT2D eigenvalue weighted by Gasteiger charge is 2.25. The van der Waals surface area contributed by atoms with Crippen LogP contribution in [0.1, 0.15) is 20.7 Å². The SMILES string of the molecule is O=C(CNC(=O)c1cccc(NC2=NCC(F)CN2)c1)NC[C@@H](NC(=O)c1c(Cl)cc(-c2ccc3cn[nH]c3c2)cc1Cl)C(=O)O. The van der Waals surface area contributed by atoms with Crippen molar-refractivity contribution in [3.8, 4) is 11.1 Å². The molecule has 0 spiro atoms. The van der Waals surface area contributed by atoms with E-state index in [0.717, 1.165) is 16.5 Å². The van der Waals surface area contributed by atoms with Crippen molar-refractivity contribution >= 4 is 69.4 Å². The molecule has 0 bridgehead atoms. The van der Waals surface area contributed by atoms with Gasteiger partial charge in [0.1, 0.15) is 12.2 Å². The van der Waals surface area contributed by atoms with Crippen LogP contribution in [0.25, 0.3) is 22.0 Å². The molecule has 2 heterocycles. The molecule has 0 aliphatic carbocycles. The maximum Gasteiger partial charge on any atom is 0.328 e. The van der Waals surface area contributed by atoms with Crippen molar-refractivity contribution in [2.45, 2.75) is 12.2 Å². The molecule has 13 nitrogen and oxygen atoms in total. The third-order valence-electron chi connectivity index (χ3n) is 6.89. The number of benzene rings is 3. The first-order valence-corrected chi connectivity index (χ1v) is 14.6. The summed E-state index contributed by atoms with van der Waals surface area (Å²) < 4.78 is 13.3. The number of amides is 3. The van der Waals surface area contributed by atoms with Crippen molar-refractivity contribution in [2.75, 3.05) is 31.5 Å². The summed E-state index contributed by atoms with van der Waals surface area (Å²) in [5.41, 5.74) is 2.80. The topological polar surface area (TPSA) is 190 Å².